The molecule has 0 rings (SSSR count). The van der Waals surface area contributed by atoms with Crippen LogP contribution >= 0.6 is 11.6 Å². The summed E-state index contributed by atoms with van der Waals surface area (Å²) < 4.78 is 5.46. The van der Waals surface area contributed by atoms with Crippen LogP contribution in [0, 0.1) is 0 Å². The summed E-state index contributed by atoms with van der Waals surface area (Å²) in [5.74, 6) is 0.837. The molecule has 0 amide bonds. The number of hydrogen-bond acceptors (Lipinski definition) is 1. The van der Waals surface area contributed by atoms with Gasteiger partial charge in [-0.05, 0) is 25.8 Å². The molecule has 1 nitrogen and oxygen atoms in total. The van der Waals surface area contributed by atoms with Gasteiger partial charge in [0.15, 0.2) is 0 Å². The molecule has 0 saturated carbocycles. The third kappa shape index (κ3) is 6.09. The fraction of sp³-hybridized carbons (Fsp3) is 0.667. The van der Waals surface area contributed by atoms with E-state index in [1.54, 1.807) is 0 Å². The molecule has 0 saturated heterocycles. The standard InChI is InChI=1S/C12H21ClO/c1-4-7-9-11(13)12(14-6-3)10-8-5-2/h9-10H,4-8H2,1-3H3/b11-9+,12-10+. The van der Waals surface area contributed by atoms with E-state index in [-0.39, 0.29) is 0 Å². The summed E-state index contributed by atoms with van der Waals surface area (Å²) in [6, 6.07) is 0. The van der Waals surface area contributed by atoms with Crippen molar-refractivity contribution in [1.82, 2.24) is 0 Å². The molecule has 82 valence electrons. The quantitative estimate of drug-likeness (QED) is 0.445. The van der Waals surface area contributed by atoms with Crippen LogP contribution in [-0.2, 0) is 4.74 Å². The van der Waals surface area contributed by atoms with Crippen LogP contribution in [0.3, 0.4) is 0 Å². The molecule has 0 bridgehead atoms. The average molecular weight is 217 g/mol. The summed E-state index contributed by atoms with van der Waals surface area (Å²) in [5.41, 5.74) is 0. The molecule has 0 radical (unpaired) electrons. The van der Waals surface area contributed by atoms with Crippen molar-refractivity contribution in [1.29, 1.82) is 0 Å². The molecule has 0 fully saturated rings. The van der Waals surface area contributed by atoms with Crippen molar-refractivity contribution in [3.63, 3.8) is 0 Å². The highest BCUT2D eigenvalue weighted by Gasteiger charge is 2.01. The van der Waals surface area contributed by atoms with Crippen LogP contribution in [0.15, 0.2) is 22.9 Å². The minimum atomic E-state index is 0.672. The van der Waals surface area contributed by atoms with E-state index in [1.165, 1.54) is 0 Å². The van der Waals surface area contributed by atoms with Gasteiger partial charge in [0.1, 0.15) is 5.76 Å². The van der Waals surface area contributed by atoms with Gasteiger partial charge in [0, 0.05) is 0 Å². The molecule has 0 aliphatic rings. The number of unbranched alkanes of at least 4 members (excludes halogenated alkanes) is 2. The van der Waals surface area contributed by atoms with Crippen LogP contribution in [0.2, 0.25) is 0 Å². The van der Waals surface area contributed by atoms with Crippen LogP contribution in [0.4, 0.5) is 0 Å². The van der Waals surface area contributed by atoms with E-state index >= 15 is 0 Å². The zero-order chi connectivity index (χ0) is 10.8. The predicted octanol–water partition coefficient (Wildman–Crippen LogP) is 4.63. The first kappa shape index (κ1) is 13.6. The maximum absolute atomic E-state index is 6.11. The highest BCUT2D eigenvalue weighted by atomic mass is 35.5. The number of ether oxygens (including phenoxy) is 1. The lowest BCUT2D eigenvalue weighted by Crippen LogP contribution is -1.92. The average Bonchev–Trinajstić information content (AvgIpc) is 2.20. The molecule has 0 aliphatic carbocycles. The second kappa shape index (κ2) is 9.14. The Morgan fingerprint density at radius 1 is 1.07 bits per heavy atom. The van der Waals surface area contributed by atoms with Crippen molar-refractivity contribution >= 4 is 11.6 Å². The van der Waals surface area contributed by atoms with Crippen LogP contribution in [0.25, 0.3) is 0 Å². The summed E-state index contributed by atoms with van der Waals surface area (Å²) in [5, 5.41) is 0.752. The number of hydrogen-bond donors (Lipinski definition) is 0. The van der Waals surface area contributed by atoms with Crippen molar-refractivity contribution in [2.45, 2.75) is 46.5 Å². The zero-order valence-electron chi connectivity index (χ0n) is 9.48. The lowest BCUT2D eigenvalue weighted by molar-refractivity contribution is 0.239. The monoisotopic (exact) mass is 216 g/mol. The van der Waals surface area contributed by atoms with Crippen molar-refractivity contribution in [2.24, 2.45) is 0 Å². The molecule has 0 heterocycles. The summed E-state index contributed by atoms with van der Waals surface area (Å²) in [6.07, 6.45) is 8.36. The predicted molar refractivity (Wildman–Crippen MR) is 63.5 cm³/mol. The van der Waals surface area contributed by atoms with Crippen LogP contribution in [0.1, 0.15) is 46.5 Å². The minimum absolute atomic E-state index is 0.672. The van der Waals surface area contributed by atoms with Crippen molar-refractivity contribution in [3.8, 4) is 0 Å². The smallest absolute Gasteiger partial charge is 0.133 e. The van der Waals surface area contributed by atoms with Crippen molar-refractivity contribution in [2.75, 3.05) is 6.61 Å². The molecular formula is C12H21ClO. The van der Waals surface area contributed by atoms with Crippen molar-refractivity contribution in [3.05, 3.63) is 22.9 Å². The molecule has 0 aromatic rings. The van der Waals surface area contributed by atoms with Gasteiger partial charge in [-0.15, -0.1) is 0 Å². The third-order valence-electron chi connectivity index (χ3n) is 1.77. The summed E-state index contributed by atoms with van der Waals surface area (Å²) in [4.78, 5) is 0. The summed E-state index contributed by atoms with van der Waals surface area (Å²) in [6.45, 7) is 6.93. The molecule has 0 aliphatic heterocycles. The van der Waals surface area contributed by atoms with Gasteiger partial charge < -0.3 is 4.74 Å². The summed E-state index contributed by atoms with van der Waals surface area (Å²) >= 11 is 6.11. The van der Waals surface area contributed by atoms with Gasteiger partial charge in [0.2, 0.25) is 0 Å². The van der Waals surface area contributed by atoms with Gasteiger partial charge in [-0.1, -0.05) is 44.4 Å². The van der Waals surface area contributed by atoms with Gasteiger partial charge in [-0.3, -0.25) is 0 Å². The number of rotatable bonds is 7. The van der Waals surface area contributed by atoms with E-state index in [4.69, 9.17) is 16.3 Å². The minimum Gasteiger partial charge on any atom is -0.493 e. The van der Waals surface area contributed by atoms with Crippen LogP contribution in [0.5, 0.6) is 0 Å². The van der Waals surface area contributed by atoms with Crippen LogP contribution < -0.4 is 0 Å². The SMILES string of the molecule is CCC/C=C(Cl)\C(=C/CCC)OCC. The van der Waals surface area contributed by atoms with Crippen LogP contribution in [-0.4, -0.2) is 6.61 Å². The Morgan fingerprint density at radius 2 is 1.64 bits per heavy atom. The molecule has 14 heavy (non-hydrogen) atoms. The van der Waals surface area contributed by atoms with E-state index in [0.717, 1.165) is 36.5 Å². The van der Waals surface area contributed by atoms with Gasteiger partial charge in [-0.25, -0.2) is 0 Å². The number of halogens is 1. The fourth-order valence-electron chi connectivity index (χ4n) is 1.03. The Labute approximate surface area is 92.8 Å². The lowest BCUT2D eigenvalue weighted by atomic mass is 10.2. The largest absolute Gasteiger partial charge is 0.493 e. The van der Waals surface area contributed by atoms with Gasteiger partial charge in [0.25, 0.3) is 0 Å². The Balaban J connectivity index is 4.31. The first-order valence-electron chi connectivity index (χ1n) is 5.45. The molecule has 2 heteroatoms. The maximum Gasteiger partial charge on any atom is 0.133 e. The zero-order valence-corrected chi connectivity index (χ0v) is 10.2. The highest BCUT2D eigenvalue weighted by Crippen LogP contribution is 2.18. The van der Waals surface area contributed by atoms with E-state index in [9.17, 15) is 0 Å². The first-order chi connectivity index (χ1) is 6.76. The Morgan fingerprint density at radius 3 is 2.14 bits per heavy atom. The molecule has 0 spiro atoms. The normalized spacial score (nSPS) is 13.1. The number of allylic oxidation sites excluding steroid dienone is 3. The first-order valence-corrected chi connectivity index (χ1v) is 5.82. The third-order valence-corrected chi connectivity index (χ3v) is 2.11. The molecule has 0 unspecified atom stereocenters. The van der Waals surface area contributed by atoms with E-state index in [1.807, 2.05) is 13.0 Å². The molecule has 0 aromatic carbocycles. The van der Waals surface area contributed by atoms with Gasteiger partial charge in [0.05, 0.1) is 11.6 Å². The van der Waals surface area contributed by atoms with E-state index < -0.39 is 0 Å². The fourth-order valence-corrected chi connectivity index (χ4v) is 1.27. The molecule has 0 aromatic heterocycles. The lowest BCUT2D eigenvalue weighted by Gasteiger charge is -2.07. The van der Waals surface area contributed by atoms with E-state index in [0.29, 0.717) is 6.61 Å². The Hall–Kier alpha value is -0.430. The van der Waals surface area contributed by atoms with Crippen molar-refractivity contribution < 1.29 is 4.74 Å². The Kier molecular flexibility index (Phi) is 8.86. The summed E-state index contributed by atoms with van der Waals surface area (Å²) in [7, 11) is 0. The van der Waals surface area contributed by atoms with Gasteiger partial charge >= 0.3 is 0 Å². The van der Waals surface area contributed by atoms with E-state index in [2.05, 4.69) is 19.9 Å². The molecular weight excluding hydrogens is 196 g/mol. The van der Waals surface area contributed by atoms with Gasteiger partial charge in [-0.2, -0.15) is 0 Å². The Bertz CT molecular complexity index is 194. The highest BCUT2D eigenvalue weighted by molar-refractivity contribution is 6.31. The second-order valence-electron chi connectivity index (χ2n) is 3.13. The maximum atomic E-state index is 6.11. The topological polar surface area (TPSA) is 9.23 Å². The second-order valence-corrected chi connectivity index (χ2v) is 3.54. The molecule has 0 atom stereocenters. The molecule has 0 N–H and O–H groups in total.